The van der Waals surface area contributed by atoms with Crippen LogP contribution in [0.5, 0.6) is 0 Å². The van der Waals surface area contributed by atoms with E-state index >= 15 is 0 Å². The molecule has 0 bridgehead atoms. The van der Waals surface area contributed by atoms with E-state index in [0.717, 1.165) is 40.9 Å². The summed E-state index contributed by atoms with van der Waals surface area (Å²) in [6, 6.07) is 6.20. The summed E-state index contributed by atoms with van der Waals surface area (Å²) in [6.07, 6.45) is 2.22. The molecule has 1 aliphatic rings. The second kappa shape index (κ2) is 5.43. The van der Waals surface area contributed by atoms with Crippen molar-refractivity contribution in [3.8, 4) is 0 Å². The van der Waals surface area contributed by atoms with Crippen LogP contribution < -0.4 is 0 Å². The van der Waals surface area contributed by atoms with E-state index < -0.39 is 0 Å². The van der Waals surface area contributed by atoms with Crippen LogP contribution in [-0.4, -0.2) is 23.4 Å². The summed E-state index contributed by atoms with van der Waals surface area (Å²) in [6.45, 7) is 7.33. The Bertz CT molecular complexity index is 458. The van der Waals surface area contributed by atoms with Gasteiger partial charge in [-0.3, -0.25) is 4.79 Å². The van der Waals surface area contributed by atoms with Crippen molar-refractivity contribution in [2.24, 2.45) is 5.92 Å². The zero-order valence-corrected chi connectivity index (χ0v) is 12.8. The van der Waals surface area contributed by atoms with Crippen molar-refractivity contribution in [1.29, 1.82) is 0 Å². The molecule has 1 aromatic rings. The van der Waals surface area contributed by atoms with Gasteiger partial charge < -0.3 is 4.90 Å². The van der Waals surface area contributed by atoms with Gasteiger partial charge in [-0.15, -0.1) is 0 Å². The lowest BCUT2D eigenvalue weighted by molar-refractivity contribution is 0.0588. The second-order valence-corrected chi connectivity index (χ2v) is 6.30. The van der Waals surface area contributed by atoms with Gasteiger partial charge in [0.2, 0.25) is 0 Å². The third kappa shape index (κ3) is 2.77. The van der Waals surface area contributed by atoms with Crippen LogP contribution >= 0.6 is 15.9 Å². The van der Waals surface area contributed by atoms with Crippen molar-refractivity contribution in [2.75, 3.05) is 6.54 Å². The number of likely N-dealkylation sites (tertiary alicyclic amines) is 1. The third-order valence-corrected chi connectivity index (χ3v) is 4.67. The van der Waals surface area contributed by atoms with Crippen LogP contribution in [0.25, 0.3) is 0 Å². The molecule has 0 N–H and O–H groups in total. The normalized spacial score (nSPS) is 24.1. The highest BCUT2D eigenvalue weighted by atomic mass is 79.9. The SMILES string of the molecule is Cc1ccc(C(=O)N2CCC(C)CC2C)cc1Br. The summed E-state index contributed by atoms with van der Waals surface area (Å²) in [4.78, 5) is 14.5. The first-order valence-corrected chi connectivity index (χ1v) is 7.35. The minimum atomic E-state index is 0.162. The lowest BCUT2D eigenvalue weighted by Crippen LogP contribution is -2.44. The lowest BCUT2D eigenvalue weighted by Gasteiger charge is -2.36. The van der Waals surface area contributed by atoms with Crippen molar-refractivity contribution >= 4 is 21.8 Å². The van der Waals surface area contributed by atoms with Crippen LogP contribution in [0, 0.1) is 12.8 Å². The van der Waals surface area contributed by atoms with E-state index in [0.29, 0.717) is 6.04 Å². The molecule has 1 amide bonds. The van der Waals surface area contributed by atoms with E-state index in [2.05, 4.69) is 29.8 Å². The number of carbonyl (C=O) groups excluding carboxylic acids is 1. The largest absolute Gasteiger partial charge is 0.336 e. The second-order valence-electron chi connectivity index (χ2n) is 5.44. The molecule has 2 atom stereocenters. The van der Waals surface area contributed by atoms with Crippen molar-refractivity contribution in [2.45, 2.75) is 39.7 Å². The molecular formula is C15H20BrNO. The van der Waals surface area contributed by atoms with E-state index in [1.165, 1.54) is 0 Å². The van der Waals surface area contributed by atoms with Gasteiger partial charge in [0.15, 0.2) is 0 Å². The summed E-state index contributed by atoms with van der Waals surface area (Å²) in [5, 5.41) is 0. The Hall–Kier alpha value is -0.830. The van der Waals surface area contributed by atoms with Gasteiger partial charge in [-0.2, -0.15) is 0 Å². The number of nitrogens with zero attached hydrogens (tertiary/aromatic N) is 1. The molecule has 1 saturated heterocycles. The number of amides is 1. The van der Waals surface area contributed by atoms with Gasteiger partial charge in [-0.1, -0.05) is 28.9 Å². The molecule has 1 fully saturated rings. The van der Waals surface area contributed by atoms with Gasteiger partial charge in [0.1, 0.15) is 0 Å². The quantitative estimate of drug-likeness (QED) is 0.767. The molecule has 2 nitrogen and oxygen atoms in total. The summed E-state index contributed by atoms with van der Waals surface area (Å²) < 4.78 is 1.01. The summed E-state index contributed by atoms with van der Waals surface area (Å²) >= 11 is 3.49. The average Bonchev–Trinajstić information content (AvgIpc) is 2.32. The van der Waals surface area contributed by atoms with Gasteiger partial charge in [-0.25, -0.2) is 0 Å². The first-order valence-electron chi connectivity index (χ1n) is 6.56. The molecule has 0 saturated carbocycles. The van der Waals surface area contributed by atoms with Crippen molar-refractivity contribution < 1.29 is 4.79 Å². The topological polar surface area (TPSA) is 20.3 Å². The molecule has 2 rings (SSSR count). The van der Waals surface area contributed by atoms with Crippen molar-refractivity contribution in [1.82, 2.24) is 4.90 Å². The fraction of sp³-hybridized carbons (Fsp3) is 0.533. The first kappa shape index (κ1) is 13.6. The third-order valence-electron chi connectivity index (χ3n) is 3.82. The number of benzene rings is 1. The smallest absolute Gasteiger partial charge is 0.254 e. The summed E-state index contributed by atoms with van der Waals surface area (Å²) in [5.41, 5.74) is 1.95. The number of hydrogen-bond donors (Lipinski definition) is 0. The highest BCUT2D eigenvalue weighted by Gasteiger charge is 2.27. The van der Waals surface area contributed by atoms with E-state index in [4.69, 9.17) is 0 Å². The van der Waals surface area contributed by atoms with E-state index in [9.17, 15) is 4.79 Å². The maximum absolute atomic E-state index is 12.5. The zero-order valence-electron chi connectivity index (χ0n) is 11.2. The number of halogens is 1. The van der Waals surface area contributed by atoms with Crippen LogP contribution in [-0.2, 0) is 0 Å². The maximum atomic E-state index is 12.5. The van der Waals surface area contributed by atoms with Gasteiger partial charge in [0.25, 0.3) is 5.91 Å². The fourth-order valence-electron chi connectivity index (χ4n) is 2.60. The van der Waals surface area contributed by atoms with Gasteiger partial charge in [-0.05, 0) is 50.3 Å². The lowest BCUT2D eigenvalue weighted by atomic mass is 9.93. The Kier molecular flexibility index (Phi) is 4.10. The molecule has 1 heterocycles. The van der Waals surface area contributed by atoms with Crippen molar-refractivity contribution in [3.63, 3.8) is 0 Å². The van der Waals surface area contributed by atoms with E-state index in [-0.39, 0.29) is 5.91 Å². The molecule has 0 aromatic heterocycles. The Balaban J connectivity index is 2.18. The van der Waals surface area contributed by atoms with Gasteiger partial charge >= 0.3 is 0 Å². The van der Waals surface area contributed by atoms with Gasteiger partial charge in [0.05, 0.1) is 0 Å². The van der Waals surface area contributed by atoms with Crippen LogP contribution in [0.2, 0.25) is 0 Å². The molecular weight excluding hydrogens is 290 g/mol. The molecule has 0 aliphatic carbocycles. The predicted octanol–water partition coefficient (Wildman–Crippen LogP) is 4.02. The molecule has 3 heteroatoms. The molecule has 1 aromatic carbocycles. The molecule has 98 valence electrons. The Morgan fingerprint density at radius 2 is 2.11 bits per heavy atom. The van der Waals surface area contributed by atoms with Crippen LogP contribution in [0.4, 0.5) is 0 Å². The number of aryl methyl sites for hydroxylation is 1. The molecule has 0 spiro atoms. The van der Waals surface area contributed by atoms with Crippen molar-refractivity contribution in [3.05, 3.63) is 33.8 Å². The average molecular weight is 310 g/mol. The maximum Gasteiger partial charge on any atom is 0.254 e. The highest BCUT2D eigenvalue weighted by Crippen LogP contribution is 2.25. The number of carbonyl (C=O) groups is 1. The predicted molar refractivity (Wildman–Crippen MR) is 77.8 cm³/mol. The Labute approximate surface area is 117 Å². The molecule has 18 heavy (non-hydrogen) atoms. The zero-order chi connectivity index (χ0) is 13.3. The minimum Gasteiger partial charge on any atom is -0.336 e. The first-order chi connectivity index (χ1) is 8.49. The van der Waals surface area contributed by atoms with E-state index in [1.54, 1.807) is 0 Å². The standard InChI is InChI=1S/C15H20BrNO/c1-10-6-7-17(12(3)8-10)15(18)13-5-4-11(2)14(16)9-13/h4-5,9-10,12H,6-8H2,1-3H3. The minimum absolute atomic E-state index is 0.162. The van der Waals surface area contributed by atoms with Gasteiger partial charge in [0, 0.05) is 22.6 Å². The summed E-state index contributed by atoms with van der Waals surface area (Å²) in [7, 11) is 0. The number of rotatable bonds is 1. The Morgan fingerprint density at radius 1 is 1.39 bits per heavy atom. The molecule has 2 unspecified atom stereocenters. The monoisotopic (exact) mass is 309 g/mol. The van der Waals surface area contributed by atoms with E-state index in [1.807, 2.05) is 30.0 Å². The summed E-state index contributed by atoms with van der Waals surface area (Å²) in [5.74, 6) is 0.893. The van der Waals surface area contributed by atoms with Crippen LogP contribution in [0.3, 0.4) is 0 Å². The molecule has 0 radical (unpaired) electrons. The number of hydrogen-bond acceptors (Lipinski definition) is 1. The number of piperidine rings is 1. The Morgan fingerprint density at radius 3 is 2.72 bits per heavy atom. The van der Waals surface area contributed by atoms with Crippen LogP contribution in [0.1, 0.15) is 42.6 Å². The highest BCUT2D eigenvalue weighted by molar-refractivity contribution is 9.10. The fourth-order valence-corrected chi connectivity index (χ4v) is 2.98. The molecule has 1 aliphatic heterocycles. The van der Waals surface area contributed by atoms with Crippen LogP contribution in [0.15, 0.2) is 22.7 Å².